The predicted octanol–water partition coefficient (Wildman–Crippen LogP) is 3.00. The van der Waals surface area contributed by atoms with Crippen LogP contribution in [0, 0.1) is 12.8 Å². The van der Waals surface area contributed by atoms with E-state index in [0.29, 0.717) is 12.1 Å². The van der Waals surface area contributed by atoms with E-state index in [0.717, 1.165) is 18.9 Å². The highest BCUT2D eigenvalue weighted by molar-refractivity contribution is 7.11. The number of ether oxygens (including phenoxy) is 1. The van der Waals surface area contributed by atoms with Crippen LogP contribution in [0.4, 0.5) is 0 Å². The van der Waals surface area contributed by atoms with Crippen molar-refractivity contribution in [1.82, 2.24) is 5.32 Å². The minimum absolute atomic E-state index is 0.536. The van der Waals surface area contributed by atoms with Gasteiger partial charge in [0, 0.05) is 28.9 Å². The van der Waals surface area contributed by atoms with Gasteiger partial charge in [0.2, 0.25) is 0 Å². The van der Waals surface area contributed by atoms with Crippen molar-refractivity contribution in [3.63, 3.8) is 0 Å². The number of nitrogens with one attached hydrogen (secondary N) is 1. The van der Waals surface area contributed by atoms with Gasteiger partial charge in [-0.1, -0.05) is 0 Å². The Labute approximate surface area is 108 Å². The number of hydrogen-bond acceptors (Lipinski definition) is 3. The lowest BCUT2D eigenvalue weighted by molar-refractivity contribution is 0.152. The fourth-order valence-electron chi connectivity index (χ4n) is 2.32. The maximum atomic E-state index is 5.30. The van der Waals surface area contributed by atoms with Crippen LogP contribution in [0.1, 0.15) is 29.5 Å². The van der Waals surface area contributed by atoms with E-state index in [1.54, 1.807) is 7.11 Å². The topological polar surface area (TPSA) is 21.3 Å². The van der Waals surface area contributed by atoms with Crippen molar-refractivity contribution >= 4 is 11.3 Å². The first-order valence-electron chi connectivity index (χ1n) is 6.49. The highest BCUT2D eigenvalue weighted by Gasteiger charge is 2.31. The van der Waals surface area contributed by atoms with E-state index in [-0.39, 0.29) is 0 Å². The van der Waals surface area contributed by atoms with E-state index in [9.17, 15) is 0 Å². The highest BCUT2D eigenvalue weighted by atomic mass is 32.1. The number of aryl methyl sites for hydroxylation is 1. The van der Waals surface area contributed by atoms with Gasteiger partial charge in [-0.3, -0.25) is 0 Å². The van der Waals surface area contributed by atoms with Crippen molar-refractivity contribution in [3.05, 3.63) is 21.9 Å². The molecule has 2 unspecified atom stereocenters. The van der Waals surface area contributed by atoms with Crippen LogP contribution in [-0.2, 0) is 11.2 Å². The van der Waals surface area contributed by atoms with Crippen LogP contribution in [0.5, 0.6) is 0 Å². The normalized spacial score (nSPS) is 19.2. The van der Waals surface area contributed by atoms with Crippen molar-refractivity contribution in [1.29, 1.82) is 0 Å². The second-order valence-corrected chi connectivity index (χ2v) is 6.56. The summed E-state index contributed by atoms with van der Waals surface area (Å²) in [6, 6.07) is 5.55. The summed E-state index contributed by atoms with van der Waals surface area (Å²) in [6.45, 7) is 5.29. The molecule has 2 atom stereocenters. The average molecular weight is 253 g/mol. The summed E-state index contributed by atoms with van der Waals surface area (Å²) in [7, 11) is 1.80. The molecule has 0 spiro atoms. The number of hydrogen-bond donors (Lipinski definition) is 1. The monoisotopic (exact) mass is 253 g/mol. The smallest absolute Gasteiger partial charge is 0.0618 e. The van der Waals surface area contributed by atoms with E-state index >= 15 is 0 Å². The van der Waals surface area contributed by atoms with E-state index in [1.165, 1.54) is 22.6 Å². The molecular formula is C14H23NOS. The number of methoxy groups -OCH3 is 1. The molecule has 0 amide bonds. The lowest BCUT2D eigenvalue weighted by Gasteiger charge is -2.22. The zero-order valence-electron chi connectivity index (χ0n) is 11.0. The van der Waals surface area contributed by atoms with Gasteiger partial charge in [0.15, 0.2) is 0 Å². The zero-order chi connectivity index (χ0) is 12.3. The first-order chi connectivity index (χ1) is 8.19. The summed E-state index contributed by atoms with van der Waals surface area (Å²) in [6.07, 6.45) is 3.86. The molecule has 1 fully saturated rings. The number of rotatable bonds is 7. The molecule has 0 radical (unpaired) electrons. The van der Waals surface area contributed by atoms with Crippen molar-refractivity contribution in [2.24, 2.45) is 5.92 Å². The summed E-state index contributed by atoms with van der Waals surface area (Å²) in [5.74, 6) is 0.850. The van der Waals surface area contributed by atoms with Gasteiger partial charge in [-0.25, -0.2) is 0 Å². The molecule has 1 N–H and O–H groups in total. The minimum atomic E-state index is 0.536. The van der Waals surface area contributed by atoms with E-state index in [1.807, 2.05) is 11.3 Å². The molecule has 0 aromatic carbocycles. The van der Waals surface area contributed by atoms with Gasteiger partial charge in [-0.05, 0) is 51.2 Å². The van der Waals surface area contributed by atoms with Gasteiger partial charge in [0.05, 0.1) is 6.61 Å². The predicted molar refractivity (Wildman–Crippen MR) is 73.7 cm³/mol. The summed E-state index contributed by atoms with van der Waals surface area (Å²) < 4.78 is 5.30. The van der Waals surface area contributed by atoms with Crippen LogP contribution in [0.3, 0.4) is 0 Å². The summed E-state index contributed by atoms with van der Waals surface area (Å²) >= 11 is 1.91. The Morgan fingerprint density at radius 1 is 1.47 bits per heavy atom. The quantitative estimate of drug-likeness (QED) is 0.806. The van der Waals surface area contributed by atoms with Crippen molar-refractivity contribution in [3.8, 4) is 0 Å². The first kappa shape index (κ1) is 13.1. The third-order valence-electron chi connectivity index (χ3n) is 3.34. The standard InChI is InChI=1S/C14H23NOS/c1-10(8-13-7-4-11(2)17-13)15-14(9-16-3)12-5-6-12/h4,7,10,12,14-15H,5-6,8-9H2,1-3H3. The Kier molecular flexibility index (Phi) is 4.60. The Morgan fingerprint density at radius 2 is 2.24 bits per heavy atom. The molecule has 1 aromatic heterocycles. The van der Waals surface area contributed by atoms with Gasteiger partial charge in [-0.2, -0.15) is 0 Å². The van der Waals surface area contributed by atoms with E-state index in [4.69, 9.17) is 4.74 Å². The van der Waals surface area contributed by atoms with Gasteiger partial charge in [0.1, 0.15) is 0 Å². The van der Waals surface area contributed by atoms with Gasteiger partial charge >= 0.3 is 0 Å². The van der Waals surface area contributed by atoms with Crippen molar-refractivity contribution < 1.29 is 4.74 Å². The van der Waals surface area contributed by atoms with Gasteiger partial charge < -0.3 is 10.1 Å². The molecule has 1 saturated carbocycles. The zero-order valence-corrected chi connectivity index (χ0v) is 11.8. The Bertz CT molecular complexity index is 346. The molecule has 1 aliphatic carbocycles. The third-order valence-corrected chi connectivity index (χ3v) is 4.36. The minimum Gasteiger partial charge on any atom is -0.383 e. The number of thiophene rings is 1. The molecule has 3 heteroatoms. The van der Waals surface area contributed by atoms with Crippen LogP contribution in [0.25, 0.3) is 0 Å². The van der Waals surface area contributed by atoms with Crippen molar-refractivity contribution in [2.75, 3.05) is 13.7 Å². The Morgan fingerprint density at radius 3 is 2.76 bits per heavy atom. The summed E-state index contributed by atoms with van der Waals surface area (Å²) in [5, 5.41) is 3.72. The molecule has 2 nitrogen and oxygen atoms in total. The third kappa shape index (κ3) is 4.09. The molecule has 0 saturated heterocycles. The molecule has 1 aromatic rings. The van der Waals surface area contributed by atoms with Crippen LogP contribution in [0.15, 0.2) is 12.1 Å². The highest BCUT2D eigenvalue weighted by Crippen LogP contribution is 2.33. The molecule has 0 aliphatic heterocycles. The average Bonchev–Trinajstić information content (AvgIpc) is 3.03. The molecule has 17 heavy (non-hydrogen) atoms. The maximum absolute atomic E-state index is 5.30. The molecule has 0 bridgehead atoms. The van der Waals surface area contributed by atoms with Gasteiger partial charge in [0.25, 0.3) is 0 Å². The van der Waals surface area contributed by atoms with Crippen LogP contribution in [0.2, 0.25) is 0 Å². The largest absolute Gasteiger partial charge is 0.383 e. The fraction of sp³-hybridized carbons (Fsp3) is 0.714. The Balaban J connectivity index is 1.80. The molecule has 1 aliphatic rings. The Hall–Kier alpha value is -0.380. The second-order valence-electron chi connectivity index (χ2n) is 5.18. The molecular weight excluding hydrogens is 230 g/mol. The lowest BCUT2D eigenvalue weighted by atomic mass is 10.1. The van der Waals surface area contributed by atoms with Crippen LogP contribution >= 0.6 is 11.3 Å². The maximum Gasteiger partial charge on any atom is 0.0618 e. The van der Waals surface area contributed by atoms with Crippen LogP contribution in [-0.4, -0.2) is 25.8 Å². The fourth-order valence-corrected chi connectivity index (χ4v) is 3.34. The van der Waals surface area contributed by atoms with Crippen molar-refractivity contribution in [2.45, 2.75) is 45.2 Å². The van der Waals surface area contributed by atoms with E-state index < -0.39 is 0 Å². The molecule has 96 valence electrons. The first-order valence-corrected chi connectivity index (χ1v) is 7.31. The van der Waals surface area contributed by atoms with E-state index in [2.05, 4.69) is 31.3 Å². The van der Waals surface area contributed by atoms with Crippen LogP contribution < -0.4 is 5.32 Å². The SMILES string of the molecule is COCC(NC(C)Cc1ccc(C)s1)C1CC1. The molecule has 1 heterocycles. The van der Waals surface area contributed by atoms with Gasteiger partial charge in [-0.15, -0.1) is 11.3 Å². The lowest BCUT2D eigenvalue weighted by Crippen LogP contribution is -2.41. The second kappa shape index (κ2) is 5.98. The molecule has 2 rings (SSSR count). The summed E-state index contributed by atoms with van der Waals surface area (Å²) in [5.41, 5.74) is 0. The summed E-state index contributed by atoms with van der Waals surface area (Å²) in [4.78, 5) is 2.89.